The normalized spacial score (nSPS) is 16.1. The Bertz CT molecular complexity index is 469. The molecule has 116 valence electrons. The molecule has 0 aliphatic carbocycles. The van der Waals surface area contributed by atoms with E-state index >= 15 is 0 Å². The average molecular weight is 290 g/mol. The third-order valence-electron chi connectivity index (χ3n) is 3.82. The van der Waals surface area contributed by atoms with Crippen LogP contribution in [0.15, 0.2) is 29.3 Å². The Hall–Kier alpha value is -1.75. The lowest BCUT2D eigenvalue weighted by atomic mass is 10.2. The second-order valence-corrected chi connectivity index (χ2v) is 5.21. The van der Waals surface area contributed by atoms with Gasteiger partial charge in [0.15, 0.2) is 5.96 Å². The van der Waals surface area contributed by atoms with E-state index in [1.54, 1.807) is 0 Å². The second kappa shape index (κ2) is 7.88. The standard InChI is InChI=1S/C16H26N4O/c1-3-19(15-7-5-4-6-14(15)2)9-8-18-16(17)20-10-12-21-13-11-20/h4-7H,3,8-13H2,1-2H3,(H2,17,18). The van der Waals surface area contributed by atoms with Gasteiger partial charge in [-0.3, -0.25) is 4.99 Å². The van der Waals surface area contributed by atoms with Crippen molar-refractivity contribution in [3.05, 3.63) is 29.8 Å². The number of nitrogens with two attached hydrogens (primary N) is 1. The largest absolute Gasteiger partial charge is 0.378 e. The van der Waals surface area contributed by atoms with Crippen LogP contribution < -0.4 is 10.6 Å². The van der Waals surface area contributed by atoms with E-state index < -0.39 is 0 Å². The third-order valence-corrected chi connectivity index (χ3v) is 3.82. The van der Waals surface area contributed by atoms with Gasteiger partial charge < -0.3 is 20.3 Å². The van der Waals surface area contributed by atoms with Crippen LogP contribution in [0.1, 0.15) is 12.5 Å². The molecule has 0 atom stereocenters. The molecular weight excluding hydrogens is 264 g/mol. The van der Waals surface area contributed by atoms with Gasteiger partial charge in [-0.1, -0.05) is 18.2 Å². The number of hydrogen-bond acceptors (Lipinski definition) is 3. The molecule has 1 aromatic rings. The van der Waals surface area contributed by atoms with Crippen molar-refractivity contribution in [1.29, 1.82) is 0 Å². The van der Waals surface area contributed by atoms with Crippen LogP contribution in [0.25, 0.3) is 0 Å². The van der Waals surface area contributed by atoms with E-state index in [0.29, 0.717) is 12.5 Å². The highest BCUT2D eigenvalue weighted by Gasteiger charge is 2.12. The van der Waals surface area contributed by atoms with Gasteiger partial charge in [0.1, 0.15) is 0 Å². The fourth-order valence-corrected chi connectivity index (χ4v) is 2.54. The Kier molecular flexibility index (Phi) is 5.87. The van der Waals surface area contributed by atoms with Crippen LogP contribution in [0, 0.1) is 6.92 Å². The van der Waals surface area contributed by atoms with Gasteiger partial charge in [0.2, 0.25) is 0 Å². The zero-order valence-electron chi connectivity index (χ0n) is 13.1. The highest BCUT2D eigenvalue weighted by Crippen LogP contribution is 2.18. The van der Waals surface area contributed by atoms with E-state index in [4.69, 9.17) is 10.5 Å². The van der Waals surface area contributed by atoms with E-state index in [0.717, 1.165) is 39.4 Å². The third kappa shape index (κ3) is 4.36. The molecule has 0 spiro atoms. The maximum Gasteiger partial charge on any atom is 0.191 e. The summed E-state index contributed by atoms with van der Waals surface area (Å²) in [5.41, 5.74) is 8.62. The Balaban J connectivity index is 1.89. The first-order valence-electron chi connectivity index (χ1n) is 7.65. The van der Waals surface area contributed by atoms with Gasteiger partial charge >= 0.3 is 0 Å². The number of ether oxygens (including phenoxy) is 1. The number of hydrogen-bond donors (Lipinski definition) is 1. The van der Waals surface area contributed by atoms with Crippen molar-refractivity contribution in [1.82, 2.24) is 4.90 Å². The molecular formula is C16H26N4O. The number of aliphatic imine (C=N–C) groups is 1. The van der Waals surface area contributed by atoms with Gasteiger partial charge in [-0.25, -0.2) is 0 Å². The summed E-state index contributed by atoms with van der Waals surface area (Å²) in [6.07, 6.45) is 0. The van der Waals surface area contributed by atoms with Crippen molar-refractivity contribution in [2.45, 2.75) is 13.8 Å². The van der Waals surface area contributed by atoms with E-state index in [-0.39, 0.29) is 0 Å². The molecule has 1 fully saturated rings. The summed E-state index contributed by atoms with van der Waals surface area (Å²) in [6.45, 7) is 10.0. The number of morpholine rings is 1. The van der Waals surface area contributed by atoms with Crippen molar-refractivity contribution >= 4 is 11.6 Å². The number of aryl methyl sites for hydroxylation is 1. The molecule has 1 aliphatic heterocycles. The minimum absolute atomic E-state index is 0.638. The SMILES string of the molecule is CCN(CCN=C(N)N1CCOCC1)c1ccccc1C. The molecule has 5 heteroatoms. The zero-order chi connectivity index (χ0) is 15.1. The van der Waals surface area contributed by atoms with Gasteiger partial charge in [-0.15, -0.1) is 0 Å². The summed E-state index contributed by atoms with van der Waals surface area (Å²) in [5.74, 6) is 0.638. The van der Waals surface area contributed by atoms with Gasteiger partial charge in [0.25, 0.3) is 0 Å². The van der Waals surface area contributed by atoms with Crippen molar-refractivity contribution in [2.75, 3.05) is 50.8 Å². The smallest absolute Gasteiger partial charge is 0.191 e. The van der Waals surface area contributed by atoms with Crippen LogP contribution >= 0.6 is 0 Å². The predicted octanol–water partition coefficient (Wildman–Crippen LogP) is 1.47. The van der Waals surface area contributed by atoms with Crippen LogP contribution in [0.4, 0.5) is 5.69 Å². The first-order valence-corrected chi connectivity index (χ1v) is 7.65. The molecule has 2 rings (SSSR count). The maximum atomic E-state index is 6.05. The quantitative estimate of drug-likeness (QED) is 0.659. The van der Waals surface area contributed by atoms with E-state index in [1.165, 1.54) is 11.3 Å². The summed E-state index contributed by atoms with van der Waals surface area (Å²) >= 11 is 0. The number of rotatable bonds is 5. The summed E-state index contributed by atoms with van der Waals surface area (Å²) in [6, 6.07) is 8.45. The van der Waals surface area contributed by atoms with Crippen molar-refractivity contribution in [3.8, 4) is 0 Å². The molecule has 0 aromatic heterocycles. The fraction of sp³-hybridized carbons (Fsp3) is 0.562. The van der Waals surface area contributed by atoms with Gasteiger partial charge in [0, 0.05) is 31.9 Å². The lowest BCUT2D eigenvalue weighted by Gasteiger charge is -2.28. The first kappa shape index (κ1) is 15.6. The molecule has 1 aliphatic rings. The van der Waals surface area contributed by atoms with E-state index in [9.17, 15) is 0 Å². The first-order chi connectivity index (χ1) is 10.2. The van der Waals surface area contributed by atoms with E-state index in [1.807, 2.05) is 0 Å². The van der Waals surface area contributed by atoms with Crippen molar-refractivity contribution in [2.24, 2.45) is 10.7 Å². The fourth-order valence-electron chi connectivity index (χ4n) is 2.54. The average Bonchev–Trinajstić information content (AvgIpc) is 2.53. The van der Waals surface area contributed by atoms with E-state index in [2.05, 4.69) is 52.9 Å². The summed E-state index contributed by atoms with van der Waals surface area (Å²) < 4.78 is 5.32. The maximum absolute atomic E-state index is 6.05. The molecule has 1 aromatic carbocycles. The van der Waals surface area contributed by atoms with Crippen LogP contribution in [-0.2, 0) is 4.74 Å². The molecule has 2 N–H and O–H groups in total. The van der Waals surface area contributed by atoms with Crippen molar-refractivity contribution < 1.29 is 4.74 Å². The minimum Gasteiger partial charge on any atom is -0.378 e. The monoisotopic (exact) mass is 290 g/mol. The zero-order valence-corrected chi connectivity index (χ0v) is 13.1. The van der Waals surface area contributed by atoms with Gasteiger partial charge in [-0.05, 0) is 25.5 Å². The number of benzene rings is 1. The summed E-state index contributed by atoms with van der Waals surface area (Å²) in [4.78, 5) is 8.94. The van der Waals surface area contributed by atoms with Crippen LogP contribution in [0.2, 0.25) is 0 Å². The summed E-state index contributed by atoms with van der Waals surface area (Å²) in [5, 5.41) is 0. The lowest BCUT2D eigenvalue weighted by molar-refractivity contribution is 0.0674. The minimum atomic E-state index is 0.638. The molecule has 21 heavy (non-hydrogen) atoms. The topological polar surface area (TPSA) is 54.1 Å². The Morgan fingerprint density at radius 2 is 2.05 bits per heavy atom. The Morgan fingerprint density at radius 3 is 2.71 bits per heavy atom. The molecule has 1 saturated heterocycles. The Morgan fingerprint density at radius 1 is 1.33 bits per heavy atom. The van der Waals surface area contributed by atoms with Gasteiger partial charge in [0.05, 0.1) is 19.8 Å². The summed E-state index contributed by atoms with van der Waals surface area (Å²) in [7, 11) is 0. The van der Waals surface area contributed by atoms with Crippen LogP contribution in [0.5, 0.6) is 0 Å². The van der Waals surface area contributed by atoms with Crippen LogP contribution in [0.3, 0.4) is 0 Å². The molecule has 0 radical (unpaired) electrons. The molecule has 0 amide bonds. The molecule has 0 bridgehead atoms. The molecule has 0 unspecified atom stereocenters. The van der Waals surface area contributed by atoms with Crippen LogP contribution in [-0.4, -0.2) is 56.8 Å². The number of guanidine groups is 1. The van der Waals surface area contributed by atoms with Crippen molar-refractivity contribution in [3.63, 3.8) is 0 Å². The predicted molar refractivity (Wildman–Crippen MR) is 87.9 cm³/mol. The number of para-hydroxylation sites is 1. The molecule has 5 nitrogen and oxygen atoms in total. The second-order valence-electron chi connectivity index (χ2n) is 5.21. The number of likely N-dealkylation sites (N-methyl/N-ethyl adjacent to an activating group) is 1. The number of anilines is 1. The highest BCUT2D eigenvalue weighted by molar-refractivity contribution is 5.78. The number of nitrogens with zero attached hydrogens (tertiary/aromatic N) is 3. The highest BCUT2D eigenvalue weighted by atomic mass is 16.5. The molecule has 0 saturated carbocycles. The Labute approximate surface area is 127 Å². The molecule has 1 heterocycles. The lowest BCUT2D eigenvalue weighted by Crippen LogP contribution is -2.45. The van der Waals surface area contributed by atoms with Gasteiger partial charge in [-0.2, -0.15) is 0 Å².